The number of hydrogen-bond donors (Lipinski definition) is 1. The third kappa shape index (κ3) is 4.73. The van der Waals surface area contributed by atoms with Gasteiger partial charge in [-0.05, 0) is 61.6 Å². The maximum Gasteiger partial charge on any atom is 0.238 e. The molecule has 5 nitrogen and oxygen atoms in total. The number of carbonyl (C=O) groups excluding carboxylic acids is 1. The second-order valence-corrected chi connectivity index (χ2v) is 7.98. The molecule has 2 aromatic carbocycles. The molecule has 29 heavy (non-hydrogen) atoms. The van der Waals surface area contributed by atoms with Crippen LogP contribution in [-0.2, 0) is 4.79 Å². The predicted octanol–water partition coefficient (Wildman–Crippen LogP) is 4.91. The molecule has 0 aromatic heterocycles. The second-order valence-electron chi connectivity index (χ2n) is 7.98. The van der Waals surface area contributed by atoms with E-state index in [2.05, 4.69) is 30.1 Å². The van der Waals surface area contributed by atoms with E-state index in [9.17, 15) is 4.79 Å². The van der Waals surface area contributed by atoms with E-state index in [0.29, 0.717) is 12.5 Å². The van der Waals surface area contributed by atoms with E-state index >= 15 is 0 Å². The molecular weight excluding hydrogens is 364 g/mol. The average molecular weight is 397 g/mol. The summed E-state index contributed by atoms with van der Waals surface area (Å²) >= 11 is 0. The first-order chi connectivity index (χ1) is 13.9. The fraction of sp³-hybridized carbons (Fsp3) is 0.458. The van der Waals surface area contributed by atoms with E-state index in [-0.39, 0.29) is 11.9 Å². The Morgan fingerprint density at radius 2 is 2.00 bits per heavy atom. The lowest BCUT2D eigenvalue weighted by Gasteiger charge is -2.26. The highest BCUT2D eigenvalue weighted by Gasteiger charge is 2.30. The highest BCUT2D eigenvalue weighted by Crippen LogP contribution is 2.38. The smallest absolute Gasteiger partial charge is 0.238 e. The van der Waals surface area contributed by atoms with Crippen molar-refractivity contribution in [3.63, 3.8) is 0 Å². The summed E-state index contributed by atoms with van der Waals surface area (Å²) in [4.78, 5) is 15.2. The Labute approximate surface area is 174 Å². The number of carbonyl (C=O) groups is 1. The van der Waals surface area contributed by atoms with Gasteiger partial charge in [0.2, 0.25) is 5.91 Å². The Balaban J connectivity index is 1.78. The van der Waals surface area contributed by atoms with Crippen LogP contribution in [0.4, 0.5) is 5.69 Å². The Morgan fingerprint density at radius 3 is 2.69 bits per heavy atom. The molecule has 0 aliphatic carbocycles. The standard InChI is InChI=1S/C24H32N2O3/c1-16(2)19-9-6-8-17(3)24(19)25-23(27)15-26-13-7-10-21(26)20-14-18(28-4)11-12-22(20)29-5/h6,8-9,11-12,14,16,21H,7,10,13,15H2,1-5H3,(H,25,27)/t21-/m1/s1. The molecule has 5 heteroatoms. The molecule has 0 saturated carbocycles. The van der Waals surface area contributed by atoms with Gasteiger partial charge >= 0.3 is 0 Å². The number of anilines is 1. The quantitative estimate of drug-likeness (QED) is 0.722. The lowest BCUT2D eigenvalue weighted by molar-refractivity contribution is -0.117. The van der Waals surface area contributed by atoms with Crippen LogP contribution in [0.15, 0.2) is 36.4 Å². The Bertz CT molecular complexity index is 863. The lowest BCUT2D eigenvalue weighted by atomic mass is 9.98. The van der Waals surface area contributed by atoms with Gasteiger partial charge in [-0.2, -0.15) is 0 Å². The normalized spacial score (nSPS) is 16.8. The molecule has 0 radical (unpaired) electrons. The van der Waals surface area contributed by atoms with E-state index < -0.39 is 0 Å². The maximum atomic E-state index is 12.9. The van der Waals surface area contributed by atoms with Gasteiger partial charge in [0.15, 0.2) is 0 Å². The minimum Gasteiger partial charge on any atom is -0.497 e. The van der Waals surface area contributed by atoms with Crippen LogP contribution in [0.5, 0.6) is 11.5 Å². The van der Waals surface area contributed by atoms with Crippen LogP contribution in [0.1, 0.15) is 55.3 Å². The number of ether oxygens (including phenoxy) is 2. The lowest BCUT2D eigenvalue weighted by Crippen LogP contribution is -2.33. The minimum absolute atomic E-state index is 0.0231. The van der Waals surface area contributed by atoms with Crippen LogP contribution in [0.2, 0.25) is 0 Å². The Kier molecular flexibility index (Phi) is 6.80. The molecule has 1 atom stereocenters. The molecule has 1 saturated heterocycles. The summed E-state index contributed by atoms with van der Waals surface area (Å²) in [6.45, 7) is 7.59. The van der Waals surface area contributed by atoms with E-state index in [0.717, 1.165) is 47.7 Å². The van der Waals surface area contributed by atoms with Crippen LogP contribution >= 0.6 is 0 Å². The summed E-state index contributed by atoms with van der Waals surface area (Å²) in [5.74, 6) is 2.02. The number of methoxy groups -OCH3 is 2. The van der Waals surface area contributed by atoms with Crippen LogP contribution in [-0.4, -0.2) is 38.1 Å². The zero-order valence-corrected chi connectivity index (χ0v) is 18.1. The van der Waals surface area contributed by atoms with E-state index in [1.54, 1.807) is 14.2 Å². The number of likely N-dealkylation sites (tertiary alicyclic amines) is 1. The van der Waals surface area contributed by atoms with Crippen LogP contribution < -0.4 is 14.8 Å². The molecular formula is C24H32N2O3. The molecule has 2 aromatic rings. The number of aryl methyl sites for hydroxylation is 1. The number of amides is 1. The van der Waals surface area contributed by atoms with Gasteiger partial charge in [0.25, 0.3) is 0 Å². The molecule has 0 bridgehead atoms. The SMILES string of the molecule is COc1ccc(OC)c([C@H]2CCCN2CC(=O)Nc2c(C)cccc2C(C)C)c1. The third-order valence-corrected chi connectivity index (χ3v) is 5.70. The number of para-hydroxylation sites is 1. The molecule has 1 N–H and O–H groups in total. The van der Waals surface area contributed by atoms with Gasteiger partial charge in [-0.15, -0.1) is 0 Å². The van der Waals surface area contributed by atoms with Gasteiger partial charge in [-0.1, -0.05) is 32.0 Å². The van der Waals surface area contributed by atoms with Crippen LogP contribution in [0.25, 0.3) is 0 Å². The van der Waals surface area contributed by atoms with Crippen LogP contribution in [0.3, 0.4) is 0 Å². The molecule has 1 amide bonds. The summed E-state index contributed by atoms with van der Waals surface area (Å²) in [6.07, 6.45) is 2.05. The summed E-state index contributed by atoms with van der Waals surface area (Å²) in [6, 6.07) is 12.2. The Morgan fingerprint density at radius 1 is 1.21 bits per heavy atom. The molecule has 1 aliphatic heterocycles. The van der Waals surface area contributed by atoms with Crippen molar-refractivity contribution >= 4 is 11.6 Å². The first kappa shape index (κ1) is 21.2. The number of rotatable bonds is 7. The molecule has 1 fully saturated rings. The topological polar surface area (TPSA) is 50.8 Å². The highest BCUT2D eigenvalue weighted by atomic mass is 16.5. The molecule has 3 rings (SSSR count). The maximum absolute atomic E-state index is 12.9. The Hall–Kier alpha value is -2.53. The molecule has 0 unspecified atom stereocenters. The van der Waals surface area contributed by atoms with Crippen LogP contribution in [0, 0.1) is 6.92 Å². The number of nitrogens with zero attached hydrogens (tertiary/aromatic N) is 1. The van der Waals surface area contributed by atoms with E-state index in [1.165, 1.54) is 5.56 Å². The van der Waals surface area contributed by atoms with Crippen molar-refractivity contribution in [1.29, 1.82) is 0 Å². The van der Waals surface area contributed by atoms with Gasteiger partial charge in [0, 0.05) is 17.3 Å². The summed E-state index contributed by atoms with van der Waals surface area (Å²) in [5, 5.41) is 3.17. The van der Waals surface area contributed by atoms with Gasteiger partial charge in [0.1, 0.15) is 11.5 Å². The first-order valence-electron chi connectivity index (χ1n) is 10.3. The number of hydrogen-bond acceptors (Lipinski definition) is 4. The molecule has 156 valence electrons. The van der Waals surface area contributed by atoms with Gasteiger partial charge in [-0.25, -0.2) is 0 Å². The van der Waals surface area contributed by atoms with Gasteiger partial charge in [-0.3, -0.25) is 9.69 Å². The van der Waals surface area contributed by atoms with Gasteiger partial charge < -0.3 is 14.8 Å². The van der Waals surface area contributed by atoms with Crippen molar-refractivity contribution in [2.75, 3.05) is 32.6 Å². The average Bonchev–Trinajstić information content (AvgIpc) is 3.16. The zero-order valence-electron chi connectivity index (χ0n) is 18.1. The van der Waals surface area contributed by atoms with Crippen molar-refractivity contribution in [1.82, 2.24) is 4.90 Å². The fourth-order valence-corrected chi connectivity index (χ4v) is 4.17. The monoisotopic (exact) mass is 396 g/mol. The van der Waals surface area contributed by atoms with Gasteiger partial charge in [0.05, 0.1) is 20.8 Å². The van der Waals surface area contributed by atoms with Crippen molar-refractivity contribution < 1.29 is 14.3 Å². The van der Waals surface area contributed by atoms with Crippen molar-refractivity contribution in [3.8, 4) is 11.5 Å². The van der Waals surface area contributed by atoms with Crippen molar-refractivity contribution in [3.05, 3.63) is 53.1 Å². The predicted molar refractivity (Wildman–Crippen MR) is 117 cm³/mol. The van der Waals surface area contributed by atoms with Crippen molar-refractivity contribution in [2.24, 2.45) is 0 Å². The fourth-order valence-electron chi connectivity index (χ4n) is 4.17. The molecule has 0 spiro atoms. The zero-order chi connectivity index (χ0) is 21.0. The van der Waals surface area contributed by atoms with Crippen molar-refractivity contribution in [2.45, 2.75) is 45.6 Å². The molecule has 1 heterocycles. The van der Waals surface area contributed by atoms with E-state index in [1.807, 2.05) is 37.3 Å². The van der Waals surface area contributed by atoms with E-state index in [4.69, 9.17) is 9.47 Å². The summed E-state index contributed by atoms with van der Waals surface area (Å²) in [5.41, 5.74) is 4.29. The first-order valence-corrected chi connectivity index (χ1v) is 10.3. The second kappa shape index (κ2) is 9.31. The number of benzene rings is 2. The summed E-state index contributed by atoms with van der Waals surface area (Å²) < 4.78 is 11.0. The highest BCUT2D eigenvalue weighted by molar-refractivity contribution is 5.94. The largest absolute Gasteiger partial charge is 0.497 e. The number of nitrogens with one attached hydrogen (secondary N) is 1. The third-order valence-electron chi connectivity index (χ3n) is 5.70. The summed E-state index contributed by atoms with van der Waals surface area (Å²) in [7, 11) is 3.35. The molecule has 1 aliphatic rings. The minimum atomic E-state index is 0.0231.